The predicted octanol–water partition coefficient (Wildman–Crippen LogP) is -0.194. The maximum absolute atomic E-state index is 5.17. The third-order valence-electron chi connectivity index (χ3n) is 1.13. The molecule has 0 unspecified atom stereocenters. The summed E-state index contributed by atoms with van der Waals surface area (Å²) >= 11 is 0. The molecule has 0 fully saturated rings. The van der Waals surface area contributed by atoms with E-state index in [2.05, 4.69) is 20.0 Å². The van der Waals surface area contributed by atoms with Gasteiger partial charge in [0.15, 0.2) is 5.82 Å². The predicted molar refractivity (Wildman–Crippen MR) is 37.9 cm³/mol. The van der Waals surface area contributed by atoms with Crippen molar-refractivity contribution >= 4 is 0 Å². The van der Waals surface area contributed by atoms with Crippen LogP contribution in [0.5, 0.6) is 0 Å². The molecule has 1 rings (SSSR count). The molecule has 0 atom stereocenters. The second kappa shape index (κ2) is 4.81. The topological polar surface area (TPSA) is 60.2 Å². The van der Waals surface area contributed by atoms with Crippen molar-refractivity contribution in [3.8, 4) is 0 Å². The molecule has 0 aliphatic heterocycles. The molecule has 62 valence electrons. The Balaban J connectivity index is 2.04. The normalized spacial score (nSPS) is 10.3. The molecule has 5 heteroatoms. The van der Waals surface area contributed by atoms with Gasteiger partial charge in [-0.2, -0.15) is 4.98 Å². The van der Waals surface area contributed by atoms with Crippen LogP contribution >= 0.6 is 0 Å². The fraction of sp³-hybridized carbons (Fsp3) is 0.667. The van der Waals surface area contributed by atoms with Gasteiger partial charge in [-0.1, -0.05) is 5.16 Å². The van der Waals surface area contributed by atoms with Crippen molar-refractivity contribution in [1.82, 2.24) is 15.5 Å². The maximum Gasteiger partial charge on any atom is 0.213 e. The Labute approximate surface area is 64.7 Å². The third-order valence-corrected chi connectivity index (χ3v) is 1.13. The van der Waals surface area contributed by atoms with Crippen molar-refractivity contribution < 1.29 is 9.26 Å². The SMILES string of the molecule is CNCCOCc1ncon1. The van der Waals surface area contributed by atoms with Gasteiger partial charge in [-0.3, -0.25) is 0 Å². The summed E-state index contributed by atoms with van der Waals surface area (Å²) in [6.45, 7) is 1.90. The number of rotatable bonds is 5. The van der Waals surface area contributed by atoms with Gasteiger partial charge in [0.25, 0.3) is 0 Å². The van der Waals surface area contributed by atoms with Crippen molar-refractivity contribution in [3.63, 3.8) is 0 Å². The molecule has 1 N–H and O–H groups in total. The quantitative estimate of drug-likeness (QED) is 0.600. The van der Waals surface area contributed by atoms with E-state index in [4.69, 9.17) is 4.74 Å². The van der Waals surface area contributed by atoms with Crippen molar-refractivity contribution in [2.75, 3.05) is 20.2 Å². The van der Waals surface area contributed by atoms with Gasteiger partial charge in [0, 0.05) is 6.54 Å². The highest BCUT2D eigenvalue weighted by molar-refractivity contribution is 4.72. The fourth-order valence-electron chi connectivity index (χ4n) is 0.594. The van der Waals surface area contributed by atoms with Gasteiger partial charge in [-0.15, -0.1) is 0 Å². The summed E-state index contributed by atoms with van der Waals surface area (Å²) in [5.41, 5.74) is 0. The number of hydrogen-bond donors (Lipinski definition) is 1. The third kappa shape index (κ3) is 3.10. The minimum atomic E-state index is 0.415. The Bertz CT molecular complexity index is 176. The van der Waals surface area contributed by atoms with E-state index >= 15 is 0 Å². The first-order chi connectivity index (χ1) is 5.43. The van der Waals surface area contributed by atoms with Gasteiger partial charge in [0.05, 0.1) is 6.61 Å². The molecule has 0 saturated heterocycles. The summed E-state index contributed by atoms with van der Waals surface area (Å²) in [7, 11) is 1.87. The first kappa shape index (κ1) is 8.16. The van der Waals surface area contributed by atoms with Crippen LogP contribution in [0.15, 0.2) is 10.9 Å². The summed E-state index contributed by atoms with van der Waals surface area (Å²) < 4.78 is 9.69. The van der Waals surface area contributed by atoms with Crippen LogP contribution in [-0.2, 0) is 11.3 Å². The van der Waals surface area contributed by atoms with Crippen LogP contribution in [0, 0.1) is 0 Å². The Kier molecular flexibility index (Phi) is 3.57. The number of nitrogens with one attached hydrogen (secondary N) is 1. The molecular weight excluding hydrogens is 146 g/mol. The van der Waals surface area contributed by atoms with Crippen molar-refractivity contribution in [2.24, 2.45) is 0 Å². The molecular formula is C6H11N3O2. The Morgan fingerprint density at radius 1 is 1.73 bits per heavy atom. The van der Waals surface area contributed by atoms with Crippen molar-refractivity contribution in [3.05, 3.63) is 12.2 Å². The Hall–Kier alpha value is -0.940. The van der Waals surface area contributed by atoms with E-state index in [9.17, 15) is 0 Å². The number of aromatic nitrogens is 2. The first-order valence-electron chi connectivity index (χ1n) is 3.41. The van der Waals surface area contributed by atoms with Gasteiger partial charge in [0.1, 0.15) is 6.61 Å². The van der Waals surface area contributed by atoms with E-state index in [0.29, 0.717) is 19.0 Å². The number of likely N-dealkylation sites (N-methyl/N-ethyl adjacent to an activating group) is 1. The van der Waals surface area contributed by atoms with Crippen LogP contribution in [0.1, 0.15) is 5.82 Å². The molecule has 0 aliphatic carbocycles. The van der Waals surface area contributed by atoms with E-state index < -0.39 is 0 Å². The molecule has 0 aromatic carbocycles. The molecule has 0 spiro atoms. The van der Waals surface area contributed by atoms with Gasteiger partial charge < -0.3 is 14.6 Å². The highest BCUT2D eigenvalue weighted by Gasteiger charge is 1.95. The summed E-state index contributed by atoms with van der Waals surface area (Å²) in [6.07, 6.45) is 1.29. The molecule has 11 heavy (non-hydrogen) atoms. The minimum Gasteiger partial charge on any atom is -0.372 e. The molecule has 0 radical (unpaired) electrons. The highest BCUT2D eigenvalue weighted by Crippen LogP contribution is 1.90. The fourth-order valence-corrected chi connectivity index (χ4v) is 0.594. The van der Waals surface area contributed by atoms with Crippen LogP contribution < -0.4 is 5.32 Å². The maximum atomic E-state index is 5.17. The molecule has 0 aliphatic rings. The first-order valence-corrected chi connectivity index (χ1v) is 3.41. The average Bonchev–Trinajstić information content (AvgIpc) is 2.50. The zero-order chi connectivity index (χ0) is 7.94. The number of nitrogens with zero attached hydrogens (tertiary/aromatic N) is 2. The van der Waals surface area contributed by atoms with Gasteiger partial charge in [-0.05, 0) is 7.05 Å². The average molecular weight is 157 g/mol. The summed E-state index contributed by atoms with van der Waals surface area (Å²) in [6, 6.07) is 0. The lowest BCUT2D eigenvalue weighted by Crippen LogP contribution is -2.14. The standard InChI is InChI=1S/C6H11N3O2/c1-7-2-3-10-4-6-8-5-11-9-6/h5,7H,2-4H2,1H3. The number of ether oxygens (including phenoxy) is 1. The van der Waals surface area contributed by atoms with Gasteiger partial charge in [-0.25, -0.2) is 0 Å². The Morgan fingerprint density at radius 3 is 3.27 bits per heavy atom. The van der Waals surface area contributed by atoms with Crippen molar-refractivity contribution in [2.45, 2.75) is 6.61 Å². The van der Waals surface area contributed by atoms with E-state index in [0.717, 1.165) is 6.54 Å². The smallest absolute Gasteiger partial charge is 0.213 e. The van der Waals surface area contributed by atoms with E-state index in [1.54, 1.807) is 0 Å². The lowest BCUT2D eigenvalue weighted by atomic mass is 10.6. The molecule has 0 saturated carbocycles. The van der Waals surface area contributed by atoms with Crippen LogP contribution in [0.25, 0.3) is 0 Å². The van der Waals surface area contributed by atoms with Crippen LogP contribution in [-0.4, -0.2) is 30.3 Å². The summed E-state index contributed by atoms with van der Waals surface area (Å²) in [4.78, 5) is 3.79. The van der Waals surface area contributed by atoms with Crippen LogP contribution in [0.2, 0.25) is 0 Å². The van der Waals surface area contributed by atoms with Crippen LogP contribution in [0.3, 0.4) is 0 Å². The lowest BCUT2D eigenvalue weighted by Gasteiger charge is -1.98. The van der Waals surface area contributed by atoms with Crippen molar-refractivity contribution in [1.29, 1.82) is 0 Å². The zero-order valence-corrected chi connectivity index (χ0v) is 6.41. The van der Waals surface area contributed by atoms with Crippen LogP contribution in [0.4, 0.5) is 0 Å². The monoisotopic (exact) mass is 157 g/mol. The molecule has 1 aromatic rings. The molecule has 0 amide bonds. The summed E-state index contributed by atoms with van der Waals surface area (Å²) in [5, 5.41) is 6.54. The lowest BCUT2D eigenvalue weighted by molar-refractivity contribution is 0.116. The molecule has 5 nitrogen and oxygen atoms in total. The van der Waals surface area contributed by atoms with E-state index in [1.807, 2.05) is 7.05 Å². The molecule has 1 heterocycles. The van der Waals surface area contributed by atoms with E-state index in [-0.39, 0.29) is 0 Å². The second-order valence-corrected chi connectivity index (χ2v) is 2.00. The minimum absolute atomic E-state index is 0.415. The summed E-state index contributed by atoms with van der Waals surface area (Å²) in [5.74, 6) is 0.584. The second-order valence-electron chi connectivity index (χ2n) is 2.00. The Morgan fingerprint density at radius 2 is 2.64 bits per heavy atom. The molecule has 1 aromatic heterocycles. The zero-order valence-electron chi connectivity index (χ0n) is 6.41. The van der Waals surface area contributed by atoms with Gasteiger partial charge in [0.2, 0.25) is 6.39 Å². The number of hydrogen-bond acceptors (Lipinski definition) is 5. The van der Waals surface area contributed by atoms with E-state index in [1.165, 1.54) is 6.39 Å². The van der Waals surface area contributed by atoms with Gasteiger partial charge >= 0.3 is 0 Å². The highest BCUT2D eigenvalue weighted by atomic mass is 16.5. The molecule has 0 bridgehead atoms. The largest absolute Gasteiger partial charge is 0.372 e.